The van der Waals surface area contributed by atoms with Gasteiger partial charge in [-0.1, -0.05) is 6.07 Å². The van der Waals surface area contributed by atoms with Crippen LogP contribution in [-0.2, 0) is 0 Å². The van der Waals surface area contributed by atoms with Crippen molar-refractivity contribution in [1.29, 1.82) is 0 Å². The number of carbonyl (C=O) groups is 1. The fraction of sp³-hybridized carbons (Fsp3) is 0.133. The van der Waals surface area contributed by atoms with Crippen LogP contribution in [0.4, 0.5) is 8.78 Å². The van der Waals surface area contributed by atoms with Crippen molar-refractivity contribution >= 4 is 5.78 Å². The van der Waals surface area contributed by atoms with Gasteiger partial charge >= 0.3 is 0 Å². The average molecular weight is 262 g/mol. The summed E-state index contributed by atoms with van der Waals surface area (Å²) in [5.74, 6) is -1.48. The van der Waals surface area contributed by atoms with Gasteiger partial charge in [0.1, 0.15) is 5.82 Å². The Morgan fingerprint density at radius 2 is 1.84 bits per heavy atom. The number of aryl methyl sites for hydroxylation is 1. The van der Waals surface area contributed by atoms with Crippen molar-refractivity contribution in [3.63, 3.8) is 0 Å². The van der Waals surface area contributed by atoms with Crippen LogP contribution >= 0.6 is 0 Å². The van der Waals surface area contributed by atoms with Gasteiger partial charge in [-0.25, -0.2) is 8.78 Å². The third-order valence-electron chi connectivity index (χ3n) is 2.86. The second kappa shape index (κ2) is 5.18. The maximum atomic E-state index is 13.6. The van der Waals surface area contributed by atoms with E-state index in [1.807, 2.05) is 0 Å². The Balaban J connectivity index is 2.44. The van der Waals surface area contributed by atoms with E-state index in [-0.39, 0.29) is 16.9 Å². The van der Waals surface area contributed by atoms with Gasteiger partial charge < -0.3 is 4.74 Å². The highest BCUT2D eigenvalue weighted by atomic mass is 19.1. The maximum absolute atomic E-state index is 13.6. The molecule has 0 heterocycles. The Bertz CT molecular complexity index is 636. The minimum Gasteiger partial charge on any atom is -0.494 e. The van der Waals surface area contributed by atoms with E-state index in [9.17, 15) is 13.6 Å². The maximum Gasteiger partial charge on any atom is 0.193 e. The smallest absolute Gasteiger partial charge is 0.193 e. The van der Waals surface area contributed by atoms with E-state index >= 15 is 0 Å². The van der Waals surface area contributed by atoms with Gasteiger partial charge in [-0.3, -0.25) is 4.79 Å². The van der Waals surface area contributed by atoms with Crippen LogP contribution < -0.4 is 4.74 Å². The summed E-state index contributed by atoms with van der Waals surface area (Å²) in [6.45, 7) is 1.70. The van der Waals surface area contributed by atoms with Gasteiger partial charge in [0.2, 0.25) is 0 Å². The number of hydrogen-bond acceptors (Lipinski definition) is 2. The summed E-state index contributed by atoms with van der Waals surface area (Å²) in [4.78, 5) is 12.2. The predicted octanol–water partition coefficient (Wildman–Crippen LogP) is 3.51. The monoisotopic (exact) mass is 262 g/mol. The molecule has 0 spiro atoms. The molecule has 0 aliphatic rings. The molecule has 0 saturated heterocycles. The van der Waals surface area contributed by atoms with E-state index in [1.54, 1.807) is 6.92 Å². The quantitative estimate of drug-likeness (QED) is 0.791. The average Bonchev–Trinajstić information content (AvgIpc) is 2.40. The largest absolute Gasteiger partial charge is 0.494 e. The Morgan fingerprint density at radius 1 is 1.11 bits per heavy atom. The number of ketones is 1. The lowest BCUT2D eigenvalue weighted by Gasteiger charge is -2.07. The van der Waals surface area contributed by atoms with Crippen LogP contribution in [0.15, 0.2) is 36.4 Å². The summed E-state index contributed by atoms with van der Waals surface area (Å²) >= 11 is 0. The number of halogens is 2. The molecule has 2 aromatic carbocycles. The van der Waals surface area contributed by atoms with Crippen molar-refractivity contribution in [2.45, 2.75) is 6.92 Å². The van der Waals surface area contributed by atoms with Crippen molar-refractivity contribution in [2.24, 2.45) is 0 Å². The van der Waals surface area contributed by atoms with Crippen LogP contribution in [0.25, 0.3) is 0 Å². The molecule has 0 aliphatic carbocycles. The molecule has 0 aliphatic heterocycles. The minimum atomic E-state index is -0.623. The molecule has 0 amide bonds. The second-order valence-corrected chi connectivity index (χ2v) is 4.14. The van der Waals surface area contributed by atoms with E-state index in [4.69, 9.17) is 4.74 Å². The second-order valence-electron chi connectivity index (χ2n) is 4.14. The molecule has 0 radical (unpaired) electrons. The van der Waals surface area contributed by atoms with Crippen molar-refractivity contribution in [1.82, 2.24) is 0 Å². The number of methoxy groups -OCH3 is 1. The highest BCUT2D eigenvalue weighted by molar-refractivity contribution is 6.09. The third-order valence-corrected chi connectivity index (χ3v) is 2.86. The minimum absolute atomic E-state index is 0.0625. The zero-order valence-corrected chi connectivity index (χ0v) is 10.5. The van der Waals surface area contributed by atoms with Gasteiger partial charge in [0, 0.05) is 11.1 Å². The lowest BCUT2D eigenvalue weighted by molar-refractivity contribution is 0.103. The van der Waals surface area contributed by atoms with Crippen LogP contribution in [0.3, 0.4) is 0 Å². The van der Waals surface area contributed by atoms with E-state index in [0.717, 1.165) is 12.1 Å². The predicted molar refractivity (Wildman–Crippen MR) is 67.5 cm³/mol. The molecule has 0 fully saturated rings. The highest BCUT2D eigenvalue weighted by Crippen LogP contribution is 2.21. The van der Waals surface area contributed by atoms with Gasteiger partial charge in [-0.05, 0) is 42.8 Å². The molecule has 0 atom stereocenters. The normalized spacial score (nSPS) is 10.3. The van der Waals surface area contributed by atoms with E-state index in [2.05, 4.69) is 0 Å². The fourth-order valence-corrected chi connectivity index (χ4v) is 1.80. The first kappa shape index (κ1) is 13.2. The van der Waals surface area contributed by atoms with Crippen molar-refractivity contribution < 1.29 is 18.3 Å². The van der Waals surface area contributed by atoms with Crippen LogP contribution in [-0.4, -0.2) is 12.9 Å². The number of carbonyl (C=O) groups excluding carboxylic acids is 1. The molecule has 98 valence electrons. The van der Waals surface area contributed by atoms with Gasteiger partial charge in [0.05, 0.1) is 7.11 Å². The zero-order chi connectivity index (χ0) is 14.0. The number of ether oxygens (including phenoxy) is 1. The fourth-order valence-electron chi connectivity index (χ4n) is 1.80. The summed E-state index contributed by atoms with van der Waals surface area (Å²) in [5.41, 5.74) is 1.03. The molecule has 0 bridgehead atoms. The first-order chi connectivity index (χ1) is 9.02. The van der Waals surface area contributed by atoms with E-state index in [0.29, 0.717) is 5.56 Å². The number of rotatable bonds is 3. The van der Waals surface area contributed by atoms with Crippen LogP contribution in [0.1, 0.15) is 21.5 Å². The first-order valence-corrected chi connectivity index (χ1v) is 5.67. The highest BCUT2D eigenvalue weighted by Gasteiger charge is 2.15. The van der Waals surface area contributed by atoms with Crippen LogP contribution in [0, 0.1) is 18.6 Å². The van der Waals surface area contributed by atoms with Crippen LogP contribution in [0.2, 0.25) is 0 Å². The molecule has 0 aromatic heterocycles. The molecular weight excluding hydrogens is 250 g/mol. The number of hydrogen-bond donors (Lipinski definition) is 0. The standard InChI is InChI=1S/C15H12F2O2/c1-9-3-5-11(16)8-12(9)15(18)10-4-6-14(19-2)13(17)7-10/h3-8H,1-2H3. The summed E-state index contributed by atoms with van der Waals surface area (Å²) in [6.07, 6.45) is 0. The zero-order valence-electron chi connectivity index (χ0n) is 10.5. The van der Waals surface area contributed by atoms with Gasteiger partial charge in [-0.2, -0.15) is 0 Å². The van der Waals surface area contributed by atoms with E-state index < -0.39 is 17.4 Å². The molecule has 2 nitrogen and oxygen atoms in total. The topological polar surface area (TPSA) is 26.3 Å². The van der Waals surface area contributed by atoms with Crippen LogP contribution in [0.5, 0.6) is 5.75 Å². The molecule has 19 heavy (non-hydrogen) atoms. The summed E-state index contributed by atoms with van der Waals surface area (Å²) in [5, 5.41) is 0. The van der Waals surface area contributed by atoms with Crippen molar-refractivity contribution in [2.75, 3.05) is 7.11 Å². The van der Waals surface area contributed by atoms with Gasteiger partial charge in [-0.15, -0.1) is 0 Å². The van der Waals surface area contributed by atoms with Gasteiger partial charge in [0.15, 0.2) is 17.3 Å². The molecule has 2 aromatic rings. The molecular formula is C15H12F2O2. The summed E-state index contributed by atoms with van der Waals surface area (Å²) in [6, 6.07) is 7.86. The summed E-state index contributed by atoms with van der Waals surface area (Å²) < 4.78 is 31.5. The van der Waals surface area contributed by atoms with Gasteiger partial charge in [0.25, 0.3) is 0 Å². The Kier molecular flexibility index (Phi) is 3.60. The lowest BCUT2D eigenvalue weighted by atomic mass is 9.99. The molecule has 4 heteroatoms. The first-order valence-electron chi connectivity index (χ1n) is 5.67. The Labute approximate surface area is 109 Å². The molecule has 0 saturated carbocycles. The summed E-state index contributed by atoms with van der Waals surface area (Å²) in [7, 11) is 1.34. The number of benzene rings is 2. The van der Waals surface area contributed by atoms with Crippen molar-refractivity contribution in [3.8, 4) is 5.75 Å². The lowest BCUT2D eigenvalue weighted by Crippen LogP contribution is -2.05. The van der Waals surface area contributed by atoms with E-state index in [1.165, 1.54) is 31.4 Å². The SMILES string of the molecule is COc1ccc(C(=O)c2cc(F)ccc2C)cc1F. The third kappa shape index (κ3) is 2.62. The Hall–Kier alpha value is -2.23. The van der Waals surface area contributed by atoms with Crippen molar-refractivity contribution in [3.05, 3.63) is 64.7 Å². The Morgan fingerprint density at radius 3 is 2.47 bits per heavy atom. The molecule has 0 N–H and O–H groups in total. The molecule has 0 unspecified atom stereocenters. The molecule has 2 rings (SSSR count).